The fraction of sp³-hybridized carbons (Fsp3) is 0.625. The molecule has 1 N–H and O–H groups in total. The Morgan fingerprint density at radius 1 is 1.43 bits per heavy atom. The van der Waals surface area contributed by atoms with Gasteiger partial charge in [0.05, 0.1) is 0 Å². The predicted molar refractivity (Wildman–Crippen MR) is 85.8 cm³/mol. The Hall–Kier alpha value is -1.62. The molecule has 0 saturated carbocycles. The first-order valence-corrected chi connectivity index (χ1v) is 7.85. The second-order valence-electron chi connectivity index (χ2n) is 5.55. The van der Waals surface area contributed by atoms with Crippen molar-refractivity contribution in [3.05, 3.63) is 24.0 Å². The van der Waals surface area contributed by atoms with E-state index in [0.717, 1.165) is 18.8 Å². The van der Waals surface area contributed by atoms with Crippen molar-refractivity contribution in [1.29, 1.82) is 0 Å². The summed E-state index contributed by atoms with van der Waals surface area (Å²) in [5.41, 5.74) is 1.58. The normalized spacial score (nSPS) is 17.8. The third kappa shape index (κ3) is 3.94. The average molecular weight is 290 g/mol. The van der Waals surface area contributed by atoms with Crippen LogP contribution in [0.5, 0.6) is 0 Å². The van der Waals surface area contributed by atoms with Crippen LogP contribution < -0.4 is 10.2 Å². The Morgan fingerprint density at radius 3 is 2.81 bits per heavy atom. The quantitative estimate of drug-likeness (QED) is 0.867. The predicted octanol–water partition coefficient (Wildman–Crippen LogP) is 1.75. The molecular weight excluding hydrogens is 264 g/mol. The van der Waals surface area contributed by atoms with Crippen LogP contribution in [0.2, 0.25) is 0 Å². The largest absolute Gasteiger partial charge is 0.373 e. The van der Waals surface area contributed by atoms with Gasteiger partial charge >= 0.3 is 0 Å². The molecule has 1 aliphatic rings. The van der Waals surface area contributed by atoms with Gasteiger partial charge in [0.25, 0.3) is 5.91 Å². The number of aromatic nitrogens is 1. The summed E-state index contributed by atoms with van der Waals surface area (Å²) in [4.78, 5) is 20.6. The molecule has 1 fully saturated rings. The number of carbonyl (C=O) groups is 1. The zero-order valence-electron chi connectivity index (χ0n) is 13.3. The molecule has 1 amide bonds. The summed E-state index contributed by atoms with van der Waals surface area (Å²) in [7, 11) is 2.07. The summed E-state index contributed by atoms with van der Waals surface area (Å²) in [6.07, 6.45) is 4.20. The number of nitrogens with zero attached hydrogens (tertiary/aromatic N) is 3. The number of hydrogen-bond donors (Lipinski definition) is 1. The Bertz CT molecular complexity index is 467. The average Bonchev–Trinajstić information content (AvgIpc) is 3.01. The van der Waals surface area contributed by atoms with Gasteiger partial charge in [0.1, 0.15) is 5.69 Å². The maximum atomic E-state index is 12.4. The van der Waals surface area contributed by atoms with E-state index in [1.165, 1.54) is 12.8 Å². The molecule has 1 aliphatic heterocycles. The number of likely N-dealkylation sites (N-methyl/N-ethyl adjacent to an activating group) is 1. The molecule has 2 rings (SSSR count). The van der Waals surface area contributed by atoms with Gasteiger partial charge in [-0.2, -0.15) is 0 Å². The van der Waals surface area contributed by atoms with Crippen LogP contribution in [0.1, 0.15) is 37.2 Å². The number of carbonyl (C=O) groups excluding carboxylic acids is 1. The topological polar surface area (TPSA) is 48.5 Å². The van der Waals surface area contributed by atoms with Crippen molar-refractivity contribution in [3.63, 3.8) is 0 Å². The van der Waals surface area contributed by atoms with E-state index in [2.05, 4.69) is 22.2 Å². The molecule has 1 unspecified atom stereocenters. The fourth-order valence-electron chi connectivity index (χ4n) is 2.80. The lowest BCUT2D eigenvalue weighted by Gasteiger charge is -2.24. The molecule has 1 aromatic rings. The van der Waals surface area contributed by atoms with Gasteiger partial charge in [0.2, 0.25) is 0 Å². The van der Waals surface area contributed by atoms with E-state index in [1.54, 1.807) is 11.1 Å². The maximum Gasteiger partial charge on any atom is 0.272 e. The number of rotatable bonds is 6. The lowest BCUT2D eigenvalue weighted by atomic mass is 10.2. The minimum Gasteiger partial charge on any atom is -0.373 e. The summed E-state index contributed by atoms with van der Waals surface area (Å²) >= 11 is 0. The zero-order chi connectivity index (χ0) is 15.2. The van der Waals surface area contributed by atoms with Gasteiger partial charge in [0, 0.05) is 44.6 Å². The Balaban J connectivity index is 2.07. The van der Waals surface area contributed by atoms with Crippen molar-refractivity contribution in [1.82, 2.24) is 15.2 Å². The van der Waals surface area contributed by atoms with E-state index < -0.39 is 0 Å². The Morgan fingerprint density at radius 2 is 2.19 bits per heavy atom. The van der Waals surface area contributed by atoms with Crippen molar-refractivity contribution in [3.8, 4) is 0 Å². The standard InChI is InChI=1S/C16H26N4O/c1-4-20(5-2)16(21)15-11-14(8-10-18-15)19(3)12-13-7-6-9-17-13/h8,10-11,13,17H,4-7,9,12H2,1-3H3. The van der Waals surface area contributed by atoms with Crippen LogP contribution in [0.25, 0.3) is 0 Å². The van der Waals surface area contributed by atoms with Gasteiger partial charge in [0.15, 0.2) is 0 Å². The van der Waals surface area contributed by atoms with Crippen LogP contribution in [-0.4, -0.2) is 55.1 Å². The van der Waals surface area contributed by atoms with Crippen molar-refractivity contribution in [2.45, 2.75) is 32.7 Å². The zero-order valence-corrected chi connectivity index (χ0v) is 13.3. The van der Waals surface area contributed by atoms with E-state index in [0.29, 0.717) is 24.8 Å². The van der Waals surface area contributed by atoms with Gasteiger partial charge in [-0.15, -0.1) is 0 Å². The summed E-state index contributed by atoms with van der Waals surface area (Å²) in [5.74, 6) is 0.00856. The highest BCUT2D eigenvalue weighted by atomic mass is 16.2. The van der Waals surface area contributed by atoms with Gasteiger partial charge in [-0.25, -0.2) is 0 Å². The molecule has 2 heterocycles. The molecule has 1 atom stereocenters. The molecular formula is C16H26N4O. The molecule has 116 valence electrons. The molecule has 0 radical (unpaired) electrons. The van der Waals surface area contributed by atoms with E-state index in [-0.39, 0.29) is 5.91 Å². The van der Waals surface area contributed by atoms with Crippen LogP contribution >= 0.6 is 0 Å². The van der Waals surface area contributed by atoms with Gasteiger partial charge in [-0.3, -0.25) is 9.78 Å². The third-order valence-corrected chi connectivity index (χ3v) is 4.11. The van der Waals surface area contributed by atoms with E-state index in [9.17, 15) is 4.79 Å². The summed E-state index contributed by atoms with van der Waals surface area (Å²) < 4.78 is 0. The highest BCUT2D eigenvalue weighted by Gasteiger charge is 2.18. The molecule has 1 aromatic heterocycles. The lowest BCUT2D eigenvalue weighted by Crippen LogP contribution is -2.35. The van der Waals surface area contributed by atoms with Crippen LogP contribution in [-0.2, 0) is 0 Å². The number of pyridine rings is 1. The SMILES string of the molecule is CCN(CC)C(=O)c1cc(N(C)CC2CCCN2)ccn1. The summed E-state index contributed by atoms with van der Waals surface area (Å²) in [5, 5.41) is 3.50. The number of hydrogen-bond acceptors (Lipinski definition) is 4. The Labute approximate surface area is 127 Å². The van der Waals surface area contributed by atoms with E-state index in [4.69, 9.17) is 0 Å². The molecule has 0 bridgehead atoms. The van der Waals surface area contributed by atoms with Crippen LogP contribution in [0, 0.1) is 0 Å². The summed E-state index contributed by atoms with van der Waals surface area (Å²) in [6.45, 7) is 7.47. The van der Waals surface area contributed by atoms with E-state index in [1.807, 2.05) is 26.0 Å². The number of amides is 1. The van der Waals surface area contributed by atoms with Crippen LogP contribution in [0.3, 0.4) is 0 Å². The minimum atomic E-state index is 0.00856. The lowest BCUT2D eigenvalue weighted by molar-refractivity contribution is 0.0767. The van der Waals surface area contributed by atoms with Gasteiger partial charge in [-0.1, -0.05) is 0 Å². The Kier molecular flexibility index (Phi) is 5.56. The minimum absolute atomic E-state index is 0.00856. The molecule has 21 heavy (non-hydrogen) atoms. The van der Waals surface area contributed by atoms with Crippen molar-refractivity contribution in [2.75, 3.05) is 38.1 Å². The monoisotopic (exact) mass is 290 g/mol. The fourth-order valence-corrected chi connectivity index (χ4v) is 2.80. The van der Waals surface area contributed by atoms with Crippen LogP contribution in [0.4, 0.5) is 5.69 Å². The van der Waals surface area contributed by atoms with Crippen molar-refractivity contribution in [2.24, 2.45) is 0 Å². The second kappa shape index (κ2) is 7.41. The number of nitrogens with one attached hydrogen (secondary N) is 1. The van der Waals surface area contributed by atoms with Gasteiger partial charge < -0.3 is 15.1 Å². The van der Waals surface area contributed by atoms with E-state index >= 15 is 0 Å². The van der Waals surface area contributed by atoms with Crippen molar-refractivity contribution >= 4 is 11.6 Å². The highest BCUT2D eigenvalue weighted by molar-refractivity contribution is 5.93. The molecule has 5 heteroatoms. The second-order valence-corrected chi connectivity index (χ2v) is 5.55. The smallest absolute Gasteiger partial charge is 0.272 e. The highest BCUT2D eigenvalue weighted by Crippen LogP contribution is 2.16. The van der Waals surface area contributed by atoms with Gasteiger partial charge in [-0.05, 0) is 45.4 Å². The number of anilines is 1. The molecule has 1 saturated heterocycles. The molecule has 5 nitrogen and oxygen atoms in total. The molecule has 0 aromatic carbocycles. The maximum absolute atomic E-state index is 12.4. The molecule has 0 spiro atoms. The third-order valence-electron chi connectivity index (χ3n) is 4.11. The first kappa shape index (κ1) is 15.8. The first-order valence-electron chi connectivity index (χ1n) is 7.85. The first-order chi connectivity index (χ1) is 10.2. The summed E-state index contributed by atoms with van der Waals surface area (Å²) in [6, 6.07) is 4.41. The van der Waals surface area contributed by atoms with Crippen LogP contribution in [0.15, 0.2) is 18.3 Å². The van der Waals surface area contributed by atoms with Crippen molar-refractivity contribution < 1.29 is 4.79 Å². The molecule has 0 aliphatic carbocycles.